The van der Waals surface area contributed by atoms with E-state index in [1.165, 1.54) is 28.8 Å². The van der Waals surface area contributed by atoms with Gasteiger partial charge >= 0.3 is 0 Å². The largest absolute Gasteiger partial charge is 0.455 e. The summed E-state index contributed by atoms with van der Waals surface area (Å²) in [7, 11) is -4.45. The fourth-order valence-corrected chi connectivity index (χ4v) is 17.8. The molecule has 1 saturated carbocycles. The number of β-amino-alcohol motifs (C(OH)–C–C–N with tert-alkyl or cyclic N) is 1. The lowest BCUT2D eigenvalue weighted by Crippen LogP contribution is -2.56. The van der Waals surface area contributed by atoms with Crippen molar-refractivity contribution >= 4 is 84.4 Å². The number of sulfonamides is 1. The molecule has 8 N–H and O–H groups in total. The van der Waals surface area contributed by atoms with Crippen LogP contribution >= 0.6 is 22.9 Å². The molecule has 4 atom stereocenters. The Labute approximate surface area is 623 Å². The molecule has 7 aromatic rings. The van der Waals surface area contributed by atoms with Gasteiger partial charge in [-0.15, -0.1) is 11.3 Å². The van der Waals surface area contributed by atoms with Gasteiger partial charge in [-0.3, -0.25) is 34.9 Å². The molecule has 3 aliphatic heterocycles. The van der Waals surface area contributed by atoms with Gasteiger partial charge in [0.05, 0.1) is 62.3 Å². The minimum atomic E-state index is -4.45. The lowest BCUT2D eigenvalue weighted by atomic mass is 9.72. The zero-order valence-electron chi connectivity index (χ0n) is 61.5. The quantitative estimate of drug-likeness (QED) is 0.0168. The van der Waals surface area contributed by atoms with Crippen LogP contribution in [-0.4, -0.2) is 180 Å². The Morgan fingerprint density at radius 3 is 2.27 bits per heavy atom. The number of unbranched alkanes of at least 4 members (excludes halogenated alkanes) is 4. The van der Waals surface area contributed by atoms with Gasteiger partial charge in [0, 0.05) is 113 Å². The first-order valence-corrected chi connectivity index (χ1v) is 40.2. The van der Waals surface area contributed by atoms with E-state index in [0.717, 1.165) is 180 Å². The molecule has 6 heterocycles. The molecule has 3 amide bonds. The van der Waals surface area contributed by atoms with E-state index in [1.54, 1.807) is 46.8 Å². The highest BCUT2D eigenvalue weighted by molar-refractivity contribution is 7.90. The van der Waals surface area contributed by atoms with Crippen molar-refractivity contribution in [3.63, 3.8) is 0 Å². The number of nitrogens with zero attached hydrogens (tertiary/aromatic N) is 7. The van der Waals surface area contributed by atoms with Gasteiger partial charge in [0.25, 0.3) is 15.9 Å². The lowest BCUT2D eigenvalue weighted by molar-refractivity contribution is -0.142. The third-order valence-corrected chi connectivity index (χ3v) is 24.6. The summed E-state index contributed by atoms with van der Waals surface area (Å²) in [6, 6.07) is 28.7. The van der Waals surface area contributed by atoms with E-state index >= 15 is 0 Å². The van der Waals surface area contributed by atoms with Crippen LogP contribution in [0.1, 0.15) is 158 Å². The predicted octanol–water partition coefficient (Wildman–Crippen LogP) is 13.5. The Hall–Kier alpha value is -7.45. The van der Waals surface area contributed by atoms with Crippen LogP contribution in [0.3, 0.4) is 0 Å². The van der Waals surface area contributed by atoms with E-state index in [2.05, 4.69) is 86.7 Å². The molecule has 5 aliphatic rings. The molecule has 2 aliphatic carbocycles. The number of likely N-dealkylation sites (tertiary alicyclic amines) is 1. The molecule has 558 valence electrons. The number of benzene rings is 4. The van der Waals surface area contributed by atoms with Crippen LogP contribution in [0.2, 0.25) is 5.02 Å². The molecule has 0 unspecified atom stereocenters. The number of allylic oxidation sites excluding steroid dienone is 1. The van der Waals surface area contributed by atoms with Crippen molar-refractivity contribution in [3.05, 3.63) is 148 Å². The fraction of sp³-hybridized carbons (Fsp3) is 0.512. The van der Waals surface area contributed by atoms with Crippen LogP contribution < -0.4 is 35.8 Å². The number of nitrogens with one attached hydrogen (secondary N) is 6. The predicted molar refractivity (Wildman–Crippen MR) is 415 cm³/mol. The summed E-state index contributed by atoms with van der Waals surface area (Å²) in [5, 5.41) is 32.8. The van der Waals surface area contributed by atoms with Crippen molar-refractivity contribution in [1.82, 2.24) is 49.9 Å². The highest BCUT2D eigenvalue weighted by Crippen LogP contribution is 2.44. The number of hydrogen-bond acceptors (Lipinski definition) is 18. The Morgan fingerprint density at radius 2 is 1.55 bits per heavy atom. The lowest BCUT2D eigenvalue weighted by Gasteiger charge is -2.42. The van der Waals surface area contributed by atoms with Gasteiger partial charge in [-0.1, -0.05) is 107 Å². The number of aliphatic hydroxyl groups excluding tert-OH is 1. The summed E-state index contributed by atoms with van der Waals surface area (Å²) >= 11 is 7.90. The number of halogens is 1. The first kappa shape index (κ1) is 76.2. The van der Waals surface area contributed by atoms with Crippen molar-refractivity contribution in [3.8, 4) is 21.9 Å². The topological polar surface area (TPSA) is 253 Å². The summed E-state index contributed by atoms with van der Waals surface area (Å²) in [4.78, 5) is 66.9. The van der Waals surface area contributed by atoms with Crippen LogP contribution in [0, 0.1) is 23.7 Å². The highest BCUT2D eigenvalue weighted by Gasteiger charge is 2.44. The Kier molecular flexibility index (Phi) is 24.9. The molecule has 0 radical (unpaired) electrons. The summed E-state index contributed by atoms with van der Waals surface area (Å²) in [5.74, 6) is -0.296. The van der Waals surface area contributed by atoms with E-state index in [-0.39, 0.29) is 58.1 Å². The number of aromatic amines is 1. The van der Waals surface area contributed by atoms with E-state index in [4.69, 9.17) is 16.3 Å². The first-order valence-electron chi connectivity index (χ1n) is 37.5. The monoisotopic (exact) mass is 1480 g/mol. The normalized spacial score (nSPS) is 20.7. The van der Waals surface area contributed by atoms with Crippen LogP contribution in [-0.2, 0) is 19.6 Å². The van der Waals surface area contributed by atoms with E-state index < -0.39 is 39.5 Å². The number of piperazine rings is 2. The van der Waals surface area contributed by atoms with Gasteiger partial charge in [0.15, 0.2) is 0 Å². The maximum absolute atomic E-state index is 14.3. The number of H-pyrrole nitrogens is 1. The van der Waals surface area contributed by atoms with Crippen LogP contribution in [0.25, 0.3) is 27.0 Å². The molecular formula is C80H106ClN13O8S2. The molecule has 104 heavy (non-hydrogen) atoms. The zero-order chi connectivity index (χ0) is 73.3. The van der Waals surface area contributed by atoms with Gasteiger partial charge in [0.1, 0.15) is 23.2 Å². The fourth-order valence-electron chi connectivity index (χ4n) is 15.8. The Morgan fingerprint density at radius 1 is 0.827 bits per heavy atom. The number of rotatable bonds is 28. The number of pyridine rings is 1. The molecule has 12 rings (SSSR count). The van der Waals surface area contributed by atoms with E-state index in [1.807, 2.05) is 94.7 Å². The average Bonchev–Trinajstić information content (AvgIpc) is 1.05. The number of fused-ring (bicyclic) bond motifs is 1. The summed E-state index contributed by atoms with van der Waals surface area (Å²) in [6.45, 7) is 25.7. The second-order valence-electron chi connectivity index (χ2n) is 31.3. The summed E-state index contributed by atoms with van der Waals surface area (Å²) < 4.78 is 36.9. The summed E-state index contributed by atoms with van der Waals surface area (Å²) in [6.07, 6.45) is 15.8. The van der Waals surface area contributed by atoms with Crippen LogP contribution in [0.5, 0.6) is 11.5 Å². The number of ether oxygens (including phenoxy) is 1. The third kappa shape index (κ3) is 19.2. The minimum absolute atomic E-state index is 0.0282. The standard InChI is InChI=1S/C80H106ClN13O8S2/c1-53(56-15-17-58(18-16-56)73-54(2)86-52-103-73)87-77(97)71-45-64(95)51-94(71)78(98)74(79(3,4)5)82-32-11-9-8-10-12-34-90-35-39-92(40-36-90)62-23-13-55(14-24-62)48-84-69-28-26-66(46-70(69)88-99)104(100,101)89-76(96)67-27-25-63(44-72(67)102-65-43-59-30-33-83-75(59)85-49-65)93-41-37-91(38-42-93)50-60-29-31-80(6,7)47-68(60)57-19-21-61(81)22-20-57/h15-22,25-28,30,33,43-44,46,49,52-53,55,62,64,71,74,82,84,88,95,99H,8-14,23-24,29,31-32,34-42,45,47-48,50-51H2,1-7H3,(H,83,85)(H,87,97)(H,89,96)/t53-,55?,62?,64+,71-,74+/m0/s1. The van der Waals surface area contributed by atoms with Gasteiger partial charge in [-0.05, 0) is 178 Å². The van der Waals surface area contributed by atoms with Crippen molar-refractivity contribution in [1.29, 1.82) is 0 Å². The maximum Gasteiger partial charge on any atom is 0.268 e. The second-order valence-corrected chi connectivity index (χ2v) is 34.3. The molecule has 21 nitrogen and oxygen atoms in total. The molecule has 3 aromatic heterocycles. The van der Waals surface area contributed by atoms with Crippen molar-refractivity contribution in [2.45, 2.75) is 167 Å². The Bertz CT molecular complexity index is 4230. The van der Waals surface area contributed by atoms with E-state index in [0.29, 0.717) is 42.1 Å². The van der Waals surface area contributed by atoms with Crippen molar-refractivity contribution in [2.75, 3.05) is 101 Å². The molecule has 3 saturated heterocycles. The SMILES string of the molecule is Cc1ncsc1-c1ccc([C@H](C)NC(=O)[C@@H]2C[C@@H](O)CN2C(=O)[C@@H](NCCCCCCCN2CCN(C3CCC(CNc4ccc(S(=O)(=O)NC(=O)c5ccc(N6CCN(CC7=C(c8ccc(Cl)cc8)CC(C)(C)CC7)CC6)cc5Oc5cnc6[nH]ccc6c5)cc4NO)CC3)CC2)C(C)(C)C)cc1. The number of carbonyl (C=O) groups excluding carboxylic acids is 3. The Balaban J connectivity index is 0.557. The number of carbonyl (C=O) groups is 3. The van der Waals surface area contributed by atoms with Crippen LogP contribution in [0.4, 0.5) is 17.1 Å². The average molecular weight is 1480 g/mol. The molecule has 0 bridgehead atoms. The molecule has 4 aromatic carbocycles. The number of aromatic nitrogens is 3. The number of hydrogen-bond donors (Lipinski definition) is 8. The molecule has 24 heteroatoms. The smallest absolute Gasteiger partial charge is 0.268 e. The van der Waals surface area contributed by atoms with E-state index in [9.17, 15) is 33.1 Å². The zero-order valence-corrected chi connectivity index (χ0v) is 63.9. The number of aliphatic hydroxyl groups is 1. The van der Waals surface area contributed by atoms with Crippen molar-refractivity contribution < 1.29 is 37.9 Å². The van der Waals surface area contributed by atoms with Gasteiger partial charge in [-0.2, -0.15) is 0 Å². The molecule has 0 spiro atoms. The highest BCUT2D eigenvalue weighted by atomic mass is 35.5. The molecule has 4 fully saturated rings. The third-order valence-electron chi connectivity index (χ3n) is 22.1. The summed E-state index contributed by atoms with van der Waals surface area (Å²) in [5.41, 5.74) is 13.3. The van der Waals surface area contributed by atoms with Crippen LogP contribution in [0.15, 0.2) is 125 Å². The number of aryl methyl sites for hydroxylation is 1. The van der Waals surface area contributed by atoms with Gasteiger partial charge in [-0.25, -0.2) is 23.1 Å². The number of thiazole rings is 1. The van der Waals surface area contributed by atoms with Gasteiger partial charge in [0.2, 0.25) is 11.8 Å². The minimum Gasteiger partial charge on any atom is -0.455 e. The van der Waals surface area contributed by atoms with Gasteiger partial charge < -0.3 is 45.5 Å². The molecular weight excluding hydrogens is 1370 g/mol. The first-order chi connectivity index (χ1) is 49.9. The number of anilines is 3. The van der Waals surface area contributed by atoms with Crippen molar-refractivity contribution in [2.24, 2.45) is 16.7 Å². The maximum atomic E-state index is 14.3. The second kappa shape index (κ2) is 34.0. The number of amides is 3.